The van der Waals surface area contributed by atoms with E-state index in [1.807, 2.05) is 6.92 Å². The third-order valence-electron chi connectivity index (χ3n) is 5.98. The van der Waals surface area contributed by atoms with Crippen LogP contribution in [0.15, 0.2) is 40.9 Å². The second-order valence-corrected chi connectivity index (χ2v) is 7.50. The number of hydrogen-bond acceptors (Lipinski definition) is 4. The van der Waals surface area contributed by atoms with Crippen molar-refractivity contribution in [3.05, 3.63) is 64.8 Å². The molecule has 0 spiro atoms. The van der Waals surface area contributed by atoms with Gasteiger partial charge in [0.05, 0.1) is 5.41 Å². The van der Waals surface area contributed by atoms with Crippen molar-refractivity contribution >= 4 is 5.69 Å². The first-order valence-electron chi connectivity index (χ1n) is 8.90. The first-order valence-corrected chi connectivity index (χ1v) is 8.90. The number of aromatic nitrogens is 2. The average Bonchev–Trinajstić information content (AvgIpc) is 3.27. The van der Waals surface area contributed by atoms with Crippen LogP contribution in [-0.4, -0.2) is 10.1 Å². The molecule has 3 aromatic rings. The Morgan fingerprint density at radius 1 is 1.12 bits per heavy atom. The molecule has 1 fully saturated rings. The zero-order chi connectivity index (χ0) is 17.2. The van der Waals surface area contributed by atoms with Crippen LogP contribution < -0.4 is 5.73 Å². The highest BCUT2D eigenvalue weighted by Crippen LogP contribution is 2.53. The predicted molar refractivity (Wildman–Crippen MR) is 97.3 cm³/mol. The molecule has 1 unspecified atom stereocenters. The molecule has 0 saturated heterocycles. The third-order valence-corrected chi connectivity index (χ3v) is 5.98. The Morgan fingerprint density at radius 3 is 2.64 bits per heavy atom. The van der Waals surface area contributed by atoms with Crippen molar-refractivity contribution in [1.29, 1.82) is 0 Å². The van der Waals surface area contributed by atoms with Crippen molar-refractivity contribution in [2.24, 2.45) is 5.92 Å². The van der Waals surface area contributed by atoms with E-state index < -0.39 is 0 Å². The number of nitrogens with two attached hydrogens (primary N) is 1. The molecular weight excluding hydrogens is 310 g/mol. The van der Waals surface area contributed by atoms with Crippen LogP contribution in [0.25, 0.3) is 11.1 Å². The lowest BCUT2D eigenvalue weighted by Crippen LogP contribution is -2.29. The van der Waals surface area contributed by atoms with Crippen LogP contribution in [0.3, 0.4) is 0 Å². The summed E-state index contributed by atoms with van der Waals surface area (Å²) in [5.41, 5.74) is 13.6. The van der Waals surface area contributed by atoms with Crippen LogP contribution in [0.1, 0.15) is 48.2 Å². The summed E-state index contributed by atoms with van der Waals surface area (Å²) in [6, 6.07) is 13.0. The molecule has 0 aliphatic heterocycles. The van der Waals surface area contributed by atoms with Crippen LogP contribution >= 0.6 is 0 Å². The highest BCUT2D eigenvalue weighted by Gasteiger charge is 2.48. The maximum atomic E-state index is 6.72. The van der Waals surface area contributed by atoms with E-state index in [2.05, 4.69) is 53.5 Å². The van der Waals surface area contributed by atoms with E-state index in [1.165, 1.54) is 35.1 Å². The van der Waals surface area contributed by atoms with Gasteiger partial charge in [0.2, 0.25) is 5.89 Å². The van der Waals surface area contributed by atoms with Gasteiger partial charge in [-0.1, -0.05) is 41.6 Å². The van der Waals surface area contributed by atoms with Gasteiger partial charge in [0.1, 0.15) is 0 Å². The van der Waals surface area contributed by atoms with Crippen molar-refractivity contribution in [3.63, 3.8) is 0 Å². The summed E-state index contributed by atoms with van der Waals surface area (Å²) in [5.74, 6) is 1.89. The maximum absolute atomic E-state index is 6.72. The van der Waals surface area contributed by atoms with Gasteiger partial charge in [-0.2, -0.15) is 4.98 Å². The highest BCUT2D eigenvalue weighted by molar-refractivity contribution is 5.83. The largest absolute Gasteiger partial charge is 0.398 e. The Kier molecular flexibility index (Phi) is 2.91. The Hall–Kier alpha value is -2.62. The Balaban J connectivity index is 1.69. The molecule has 1 aromatic heterocycles. The smallest absolute Gasteiger partial charge is 0.223 e. The molecule has 1 heterocycles. The topological polar surface area (TPSA) is 64.9 Å². The number of fused-ring (bicyclic) bond motifs is 3. The van der Waals surface area contributed by atoms with Gasteiger partial charge < -0.3 is 10.3 Å². The summed E-state index contributed by atoms with van der Waals surface area (Å²) < 4.78 is 5.29. The van der Waals surface area contributed by atoms with Crippen LogP contribution in [0.4, 0.5) is 5.69 Å². The summed E-state index contributed by atoms with van der Waals surface area (Å²) in [7, 11) is 0. The Labute approximate surface area is 147 Å². The van der Waals surface area contributed by atoms with Crippen molar-refractivity contribution in [2.75, 3.05) is 5.73 Å². The maximum Gasteiger partial charge on any atom is 0.223 e. The number of benzene rings is 2. The monoisotopic (exact) mass is 331 g/mol. The molecule has 0 amide bonds. The zero-order valence-corrected chi connectivity index (χ0v) is 14.5. The van der Waals surface area contributed by atoms with Gasteiger partial charge in [0.15, 0.2) is 5.82 Å². The second kappa shape index (κ2) is 4.94. The molecule has 2 aliphatic carbocycles. The molecule has 25 heavy (non-hydrogen) atoms. The SMILES string of the molecule is Cc1nc(C(C)(c2ccc3c(c2N)Cc2ccccc2-3)C2CC2)no1. The number of rotatable bonds is 3. The fourth-order valence-electron chi connectivity index (χ4n) is 4.38. The number of aryl methyl sites for hydroxylation is 1. The molecule has 1 atom stereocenters. The number of anilines is 1. The van der Waals surface area contributed by atoms with Crippen LogP contribution in [0.5, 0.6) is 0 Å². The van der Waals surface area contributed by atoms with Crippen molar-refractivity contribution < 1.29 is 4.52 Å². The summed E-state index contributed by atoms with van der Waals surface area (Å²) >= 11 is 0. The second-order valence-electron chi connectivity index (χ2n) is 7.50. The molecule has 126 valence electrons. The van der Waals surface area contributed by atoms with Gasteiger partial charge in [-0.15, -0.1) is 0 Å². The Bertz CT molecular complexity index is 987. The molecular formula is C21H21N3O. The van der Waals surface area contributed by atoms with E-state index in [9.17, 15) is 0 Å². The molecule has 4 nitrogen and oxygen atoms in total. The first-order chi connectivity index (χ1) is 12.1. The van der Waals surface area contributed by atoms with Gasteiger partial charge in [0.25, 0.3) is 0 Å². The molecule has 2 aliphatic rings. The molecule has 0 bridgehead atoms. The average molecular weight is 331 g/mol. The van der Waals surface area contributed by atoms with E-state index >= 15 is 0 Å². The van der Waals surface area contributed by atoms with E-state index in [0.717, 1.165) is 23.5 Å². The van der Waals surface area contributed by atoms with Crippen molar-refractivity contribution in [3.8, 4) is 11.1 Å². The number of nitrogen functional groups attached to an aromatic ring is 1. The standard InChI is InChI=1S/C21H21N3O/c1-12-23-20(24-25-12)21(2,14-7-8-14)18-10-9-16-15-6-4-3-5-13(15)11-17(16)19(18)22/h3-6,9-10,14H,7-8,11,22H2,1-2H3. The van der Waals surface area contributed by atoms with Gasteiger partial charge >= 0.3 is 0 Å². The molecule has 0 radical (unpaired) electrons. The van der Waals surface area contributed by atoms with E-state index in [-0.39, 0.29) is 5.41 Å². The zero-order valence-electron chi connectivity index (χ0n) is 14.5. The molecule has 5 rings (SSSR count). The number of hydrogen-bond donors (Lipinski definition) is 1. The number of nitrogens with zero attached hydrogens (tertiary/aromatic N) is 2. The van der Waals surface area contributed by atoms with Gasteiger partial charge in [-0.25, -0.2) is 0 Å². The Morgan fingerprint density at radius 2 is 1.92 bits per heavy atom. The molecule has 2 aromatic carbocycles. The molecule has 2 N–H and O–H groups in total. The van der Waals surface area contributed by atoms with Crippen molar-refractivity contribution in [2.45, 2.75) is 38.5 Å². The predicted octanol–water partition coefficient (Wildman–Crippen LogP) is 4.25. The minimum atomic E-state index is -0.286. The van der Waals surface area contributed by atoms with Gasteiger partial charge in [-0.05, 0) is 53.5 Å². The lowest BCUT2D eigenvalue weighted by atomic mass is 9.75. The van der Waals surface area contributed by atoms with Gasteiger partial charge in [0, 0.05) is 19.0 Å². The third kappa shape index (κ3) is 2.00. The molecule has 1 saturated carbocycles. The van der Waals surface area contributed by atoms with Crippen molar-refractivity contribution in [1.82, 2.24) is 10.1 Å². The summed E-state index contributed by atoms with van der Waals surface area (Å²) in [6.45, 7) is 4.06. The molecule has 4 heteroatoms. The van der Waals surface area contributed by atoms with E-state index in [4.69, 9.17) is 10.3 Å². The fraction of sp³-hybridized carbons (Fsp3) is 0.333. The quantitative estimate of drug-likeness (QED) is 0.570. The summed E-state index contributed by atoms with van der Waals surface area (Å²) in [6.07, 6.45) is 3.26. The lowest BCUT2D eigenvalue weighted by Gasteiger charge is -2.29. The van der Waals surface area contributed by atoms with Crippen LogP contribution in [0.2, 0.25) is 0 Å². The summed E-state index contributed by atoms with van der Waals surface area (Å²) in [4.78, 5) is 4.56. The minimum absolute atomic E-state index is 0.286. The van der Waals surface area contributed by atoms with Gasteiger partial charge in [-0.3, -0.25) is 0 Å². The van der Waals surface area contributed by atoms with Crippen LogP contribution in [-0.2, 0) is 11.8 Å². The van der Waals surface area contributed by atoms with Crippen LogP contribution in [0, 0.1) is 12.8 Å². The fourth-order valence-corrected chi connectivity index (χ4v) is 4.38. The van der Waals surface area contributed by atoms with E-state index in [0.29, 0.717) is 11.8 Å². The lowest BCUT2D eigenvalue weighted by molar-refractivity contribution is 0.366. The first kappa shape index (κ1) is 14.7. The summed E-state index contributed by atoms with van der Waals surface area (Å²) in [5, 5.41) is 4.26. The normalized spacial score (nSPS) is 17.8. The minimum Gasteiger partial charge on any atom is -0.398 e. The highest BCUT2D eigenvalue weighted by atomic mass is 16.5. The van der Waals surface area contributed by atoms with E-state index in [1.54, 1.807) is 0 Å².